The molecule has 1 aromatic carbocycles. The molecule has 2 nitrogen and oxygen atoms in total. The van der Waals surface area contributed by atoms with E-state index in [4.69, 9.17) is 5.11 Å². The van der Waals surface area contributed by atoms with Crippen LogP contribution in [-0.2, 0) is 0 Å². The molecule has 1 aliphatic carbocycles. The molecule has 2 heteroatoms. The quantitative estimate of drug-likeness (QED) is 0.684. The second-order valence-electron chi connectivity index (χ2n) is 4.97. The van der Waals surface area contributed by atoms with Crippen LogP contribution in [-0.4, -0.2) is 19.2 Å². The van der Waals surface area contributed by atoms with Gasteiger partial charge in [0.2, 0.25) is 0 Å². The Balaban J connectivity index is 0. The van der Waals surface area contributed by atoms with Gasteiger partial charge < -0.3 is 10.4 Å². The molecule has 0 amide bonds. The molecular weight excluding hydrogens is 246 g/mol. The lowest BCUT2D eigenvalue weighted by atomic mass is 10.0. The molecule has 2 N–H and O–H groups in total. The van der Waals surface area contributed by atoms with Crippen LogP contribution < -0.4 is 5.32 Å². The van der Waals surface area contributed by atoms with Crippen LogP contribution in [0.1, 0.15) is 63.5 Å². The summed E-state index contributed by atoms with van der Waals surface area (Å²) in [4.78, 5) is 0. The number of rotatable bonds is 0. The van der Waals surface area contributed by atoms with Crippen LogP contribution in [0.25, 0.3) is 0 Å². The van der Waals surface area contributed by atoms with Gasteiger partial charge in [0.15, 0.2) is 0 Å². The number of nitrogens with one attached hydrogen (secondary N) is 1. The topological polar surface area (TPSA) is 32.3 Å². The fourth-order valence-electron chi connectivity index (χ4n) is 2.01. The van der Waals surface area contributed by atoms with Crippen LogP contribution in [0.2, 0.25) is 0 Å². The van der Waals surface area contributed by atoms with Gasteiger partial charge in [-0.1, -0.05) is 58.4 Å². The Labute approximate surface area is 126 Å². The van der Waals surface area contributed by atoms with Crippen molar-refractivity contribution < 1.29 is 5.11 Å². The van der Waals surface area contributed by atoms with E-state index < -0.39 is 0 Å². The van der Waals surface area contributed by atoms with Crippen molar-refractivity contribution in [1.29, 1.82) is 0 Å². The Hall–Kier alpha value is -1.02. The predicted octanol–water partition coefficient (Wildman–Crippen LogP) is 5.21. The second-order valence-corrected chi connectivity index (χ2v) is 4.97. The average Bonchev–Trinajstić information content (AvgIpc) is 2.43. The number of phenolic OH excluding ortho intramolecular Hbond substituents is 1. The summed E-state index contributed by atoms with van der Waals surface area (Å²) in [5.74, 6) is 0.354. The predicted molar refractivity (Wildman–Crippen MR) is 91.6 cm³/mol. The van der Waals surface area contributed by atoms with Gasteiger partial charge in [-0.3, -0.25) is 0 Å². The first kappa shape index (κ1) is 21.3. The minimum atomic E-state index is 0.354. The molecule has 1 aromatic rings. The number of aromatic hydroxyl groups is 1. The van der Waals surface area contributed by atoms with Crippen LogP contribution in [0, 0.1) is 13.8 Å². The van der Waals surface area contributed by atoms with Gasteiger partial charge >= 0.3 is 0 Å². The first-order valence-corrected chi connectivity index (χ1v) is 7.96. The number of benzene rings is 1. The van der Waals surface area contributed by atoms with E-state index in [9.17, 15) is 0 Å². The molecule has 1 aliphatic rings. The number of hydrogen-bond acceptors (Lipinski definition) is 2. The summed E-state index contributed by atoms with van der Waals surface area (Å²) in [5, 5.41) is 11.7. The fourth-order valence-corrected chi connectivity index (χ4v) is 2.01. The maximum atomic E-state index is 8.99. The Kier molecular flexibility index (Phi) is 17.1. The molecule has 1 fully saturated rings. The standard InChI is InChI=1S/C8H10O.C6H12.C2H7N.C2H6/c1-6-3-7(2)5-8(9)4-6;1-2-4-6-5-3-1;1-3-2;1-2/h3-5,9H,1-2H3;1-6H2;3H,1-2H3;1-2H3. The second kappa shape index (κ2) is 16.0. The van der Waals surface area contributed by atoms with E-state index in [-0.39, 0.29) is 0 Å². The first-order valence-electron chi connectivity index (χ1n) is 7.96. The van der Waals surface area contributed by atoms with Crippen molar-refractivity contribution in [3.63, 3.8) is 0 Å². The van der Waals surface area contributed by atoms with E-state index in [1.165, 1.54) is 38.5 Å². The monoisotopic (exact) mass is 281 g/mol. The minimum absolute atomic E-state index is 0.354. The summed E-state index contributed by atoms with van der Waals surface area (Å²) in [6.45, 7) is 7.93. The minimum Gasteiger partial charge on any atom is -0.508 e. The first-order chi connectivity index (χ1) is 9.60. The van der Waals surface area contributed by atoms with E-state index in [0.717, 1.165) is 11.1 Å². The summed E-state index contributed by atoms with van der Waals surface area (Å²) in [6, 6.07) is 5.51. The van der Waals surface area contributed by atoms with Gasteiger partial charge in [0.25, 0.3) is 0 Å². The maximum Gasteiger partial charge on any atom is 0.116 e. The molecule has 0 aromatic heterocycles. The van der Waals surface area contributed by atoms with Crippen molar-refractivity contribution in [2.45, 2.75) is 66.2 Å². The van der Waals surface area contributed by atoms with Crippen molar-refractivity contribution >= 4 is 0 Å². The van der Waals surface area contributed by atoms with E-state index in [2.05, 4.69) is 5.32 Å². The zero-order chi connectivity index (χ0) is 15.8. The molecule has 1 saturated carbocycles. The molecule has 118 valence electrons. The molecule has 2 rings (SSSR count). The van der Waals surface area contributed by atoms with Crippen LogP contribution >= 0.6 is 0 Å². The highest BCUT2D eigenvalue weighted by Gasteiger charge is 1.95. The summed E-state index contributed by atoms with van der Waals surface area (Å²) in [6.07, 6.45) is 9.00. The van der Waals surface area contributed by atoms with Gasteiger partial charge in [-0.2, -0.15) is 0 Å². The van der Waals surface area contributed by atoms with Gasteiger partial charge in [0.1, 0.15) is 5.75 Å². The van der Waals surface area contributed by atoms with Crippen LogP contribution in [0.3, 0.4) is 0 Å². The van der Waals surface area contributed by atoms with Crippen LogP contribution in [0.5, 0.6) is 5.75 Å². The van der Waals surface area contributed by atoms with E-state index >= 15 is 0 Å². The molecule has 20 heavy (non-hydrogen) atoms. The normalized spacial score (nSPS) is 12.7. The molecule has 0 radical (unpaired) electrons. The van der Waals surface area contributed by atoms with Crippen LogP contribution in [0.4, 0.5) is 0 Å². The van der Waals surface area contributed by atoms with Crippen molar-refractivity contribution in [2.24, 2.45) is 0 Å². The lowest BCUT2D eigenvalue weighted by Gasteiger charge is -2.05. The highest BCUT2D eigenvalue weighted by molar-refractivity contribution is 5.31. The molecule has 0 spiro atoms. The molecule has 0 bridgehead atoms. The number of phenols is 1. The van der Waals surface area contributed by atoms with Gasteiger partial charge in [-0.05, 0) is 51.2 Å². The van der Waals surface area contributed by atoms with Gasteiger partial charge in [-0.25, -0.2) is 0 Å². The Morgan fingerprint density at radius 3 is 1.20 bits per heavy atom. The molecular formula is C18H35NO. The van der Waals surface area contributed by atoms with Gasteiger partial charge in [0, 0.05) is 0 Å². The molecule has 0 heterocycles. The SMILES string of the molecule is C1CCCCC1.CC.CNC.Cc1cc(C)cc(O)c1. The van der Waals surface area contributed by atoms with E-state index in [1.54, 1.807) is 12.1 Å². The Morgan fingerprint density at radius 2 is 1.00 bits per heavy atom. The third kappa shape index (κ3) is 15.0. The van der Waals surface area contributed by atoms with Crippen molar-refractivity contribution in [3.8, 4) is 5.75 Å². The zero-order valence-electron chi connectivity index (χ0n) is 14.4. The summed E-state index contributed by atoms with van der Waals surface area (Å²) in [7, 11) is 3.75. The molecule has 0 aliphatic heterocycles. The lowest BCUT2D eigenvalue weighted by Crippen LogP contribution is -1.89. The Morgan fingerprint density at radius 1 is 0.750 bits per heavy atom. The maximum absolute atomic E-state index is 8.99. The molecule has 0 saturated heterocycles. The molecule has 0 unspecified atom stereocenters. The van der Waals surface area contributed by atoms with Crippen molar-refractivity contribution in [1.82, 2.24) is 5.32 Å². The fraction of sp³-hybridized carbons (Fsp3) is 0.667. The van der Waals surface area contributed by atoms with E-state index in [0.29, 0.717) is 5.75 Å². The largest absolute Gasteiger partial charge is 0.508 e. The summed E-state index contributed by atoms with van der Waals surface area (Å²) >= 11 is 0. The molecule has 0 atom stereocenters. The van der Waals surface area contributed by atoms with Gasteiger partial charge in [-0.15, -0.1) is 0 Å². The summed E-state index contributed by atoms with van der Waals surface area (Å²) < 4.78 is 0. The number of aryl methyl sites for hydroxylation is 2. The highest BCUT2D eigenvalue weighted by Crippen LogP contribution is 2.15. The van der Waals surface area contributed by atoms with Crippen molar-refractivity contribution in [2.75, 3.05) is 14.1 Å². The Bertz CT molecular complexity index is 244. The van der Waals surface area contributed by atoms with Gasteiger partial charge in [0.05, 0.1) is 0 Å². The third-order valence-electron chi connectivity index (χ3n) is 2.71. The van der Waals surface area contributed by atoms with Crippen molar-refractivity contribution in [3.05, 3.63) is 29.3 Å². The zero-order valence-corrected chi connectivity index (χ0v) is 14.4. The lowest BCUT2D eigenvalue weighted by molar-refractivity contribution is 0.474. The smallest absolute Gasteiger partial charge is 0.116 e. The van der Waals surface area contributed by atoms with E-state index in [1.807, 2.05) is 47.9 Å². The highest BCUT2D eigenvalue weighted by atomic mass is 16.3. The van der Waals surface area contributed by atoms with Crippen LogP contribution in [0.15, 0.2) is 18.2 Å². The third-order valence-corrected chi connectivity index (χ3v) is 2.71. The average molecular weight is 281 g/mol. The number of hydrogen-bond donors (Lipinski definition) is 2. The summed E-state index contributed by atoms with van der Waals surface area (Å²) in [5.41, 5.74) is 2.21.